The van der Waals surface area contributed by atoms with Crippen LogP contribution in [0.2, 0.25) is 0 Å². The monoisotopic (exact) mass is 237 g/mol. The maximum atomic E-state index is 12.0. The summed E-state index contributed by atoms with van der Waals surface area (Å²) in [5.41, 5.74) is 0.701. The number of amides is 1. The van der Waals surface area contributed by atoms with Crippen molar-refractivity contribution in [1.82, 2.24) is 4.90 Å². The molecule has 16 heavy (non-hydrogen) atoms. The molecule has 1 fully saturated rings. The summed E-state index contributed by atoms with van der Waals surface area (Å²) in [5, 5.41) is 9.38. The summed E-state index contributed by atoms with van der Waals surface area (Å²) in [4.78, 5) is 14.9. The molecule has 1 saturated heterocycles. The van der Waals surface area contributed by atoms with Gasteiger partial charge in [0.05, 0.1) is 6.10 Å². The predicted octanol–water partition coefficient (Wildman–Crippen LogP) is 1.62. The van der Waals surface area contributed by atoms with Crippen LogP contribution in [0.1, 0.15) is 16.8 Å². The van der Waals surface area contributed by atoms with E-state index in [4.69, 9.17) is 0 Å². The van der Waals surface area contributed by atoms with Gasteiger partial charge in [0.1, 0.15) is 0 Å². The van der Waals surface area contributed by atoms with E-state index in [1.54, 1.807) is 16.7 Å². The summed E-state index contributed by atoms with van der Waals surface area (Å²) < 4.78 is 0. The average molecular weight is 237 g/mol. The lowest BCUT2D eigenvalue weighted by Gasteiger charge is -2.15. The van der Waals surface area contributed by atoms with Crippen LogP contribution in [0.5, 0.6) is 0 Å². The minimum atomic E-state index is -0.352. The van der Waals surface area contributed by atoms with Crippen LogP contribution in [-0.2, 0) is 0 Å². The molecule has 0 spiro atoms. The normalized spacial score (nSPS) is 20.1. The van der Waals surface area contributed by atoms with Gasteiger partial charge in [-0.05, 0) is 36.9 Å². The number of benzene rings is 1. The van der Waals surface area contributed by atoms with Crippen molar-refractivity contribution >= 4 is 17.7 Å². The van der Waals surface area contributed by atoms with Crippen molar-refractivity contribution < 1.29 is 9.90 Å². The average Bonchev–Trinajstić information content (AvgIpc) is 2.75. The Morgan fingerprint density at radius 1 is 1.44 bits per heavy atom. The number of likely N-dealkylation sites (tertiary alicyclic amines) is 1. The Morgan fingerprint density at radius 3 is 2.62 bits per heavy atom. The standard InChI is InChI=1S/C12H15NO2S/c1-16-11-4-2-9(3-5-11)12(15)13-7-6-10(14)8-13/h2-5,10,14H,6-8H2,1H3/t10-/m1/s1. The zero-order valence-corrected chi connectivity index (χ0v) is 10.0. The number of carbonyl (C=O) groups excluding carboxylic acids is 1. The van der Waals surface area contributed by atoms with Crippen LogP contribution >= 0.6 is 11.8 Å². The highest BCUT2D eigenvalue weighted by atomic mass is 32.2. The van der Waals surface area contributed by atoms with Crippen molar-refractivity contribution in [2.45, 2.75) is 17.4 Å². The molecule has 1 atom stereocenters. The minimum Gasteiger partial charge on any atom is -0.391 e. The fourth-order valence-electron chi connectivity index (χ4n) is 1.84. The van der Waals surface area contributed by atoms with Crippen LogP contribution in [0.4, 0.5) is 0 Å². The number of rotatable bonds is 2. The zero-order valence-electron chi connectivity index (χ0n) is 9.22. The first-order chi connectivity index (χ1) is 7.70. The molecule has 1 amide bonds. The number of hydrogen-bond donors (Lipinski definition) is 1. The summed E-state index contributed by atoms with van der Waals surface area (Å²) >= 11 is 1.66. The van der Waals surface area contributed by atoms with Gasteiger partial charge in [0.2, 0.25) is 0 Å². The Balaban J connectivity index is 2.08. The minimum absolute atomic E-state index is 0.0178. The number of thioether (sulfide) groups is 1. The number of carbonyl (C=O) groups is 1. The van der Waals surface area contributed by atoms with Gasteiger partial charge < -0.3 is 10.0 Å². The van der Waals surface area contributed by atoms with Crippen LogP contribution < -0.4 is 0 Å². The highest BCUT2D eigenvalue weighted by Gasteiger charge is 2.25. The van der Waals surface area contributed by atoms with Crippen molar-refractivity contribution in [3.63, 3.8) is 0 Å². The van der Waals surface area contributed by atoms with Crippen LogP contribution in [0.25, 0.3) is 0 Å². The highest BCUT2D eigenvalue weighted by Crippen LogP contribution is 2.17. The van der Waals surface area contributed by atoms with Crippen molar-refractivity contribution in [2.75, 3.05) is 19.3 Å². The van der Waals surface area contributed by atoms with E-state index in [0.717, 1.165) is 4.90 Å². The lowest BCUT2D eigenvalue weighted by atomic mass is 10.2. The number of nitrogens with zero attached hydrogens (tertiary/aromatic N) is 1. The molecule has 0 aliphatic carbocycles. The lowest BCUT2D eigenvalue weighted by molar-refractivity contribution is 0.0765. The summed E-state index contributed by atoms with van der Waals surface area (Å²) in [6, 6.07) is 7.59. The van der Waals surface area contributed by atoms with Gasteiger partial charge in [0.15, 0.2) is 0 Å². The molecule has 1 aliphatic rings. The molecular formula is C12H15NO2S. The molecule has 1 N–H and O–H groups in total. The lowest BCUT2D eigenvalue weighted by Crippen LogP contribution is -2.29. The van der Waals surface area contributed by atoms with Crippen molar-refractivity contribution in [2.24, 2.45) is 0 Å². The molecule has 2 rings (SSSR count). The third-order valence-corrected chi connectivity index (χ3v) is 3.53. The molecule has 0 bridgehead atoms. The largest absolute Gasteiger partial charge is 0.391 e. The summed E-state index contributed by atoms with van der Waals surface area (Å²) in [5.74, 6) is 0.0178. The number of aliphatic hydroxyl groups is 1. The number of β-amino-alcohol motifs (C(OH)–C–C–N with tert-alkyl or cyclic N) is 1. The Morgan fingerprint density at radius 2 is 2.12 bits per heavy atom. The van der Waals surface area contributed by atoms with E-state index < -0.39 is 0 Å². The molecule has 1 aromatic carbocycles. The Kier molecular flexibility index (Phi) is 3.51. The van der Waals surface area contributed by atoms with E-state index in [-0.39, 0.29) is 12.0 Å². The van der Waals surface area contributed by atoms with E-state index in [9.17, 15) is 9.90 Å². The summed E-state index contributed by atoms with van der Waals surface area (Å²) in [6.07, 6.45) is 2.34. The molecule has 0 aromatic heterocycles. The van der Waals surface area contributed by atoms with Gasteiger partial charge >= 0.3 is 0 Å². The van der Waals surface area contributed by atoms with Crippen LogP contribution in [0.15, 0.2) is 29.2 Å². The second-order valence-electron chi connectivity index (χ2n) is 3.92. The second kappa shape index (κ2) is 4.89. The molecule has 1 heterocycles. The van der Waals surface area contributed by atoms with E-state index >= 15 is 0 Å². The van der Waals surface area contributed by atoms with Crippen molar-refractivity contribution in [1.29, 1.82) is 0 Å². The van der Waals surface area contributed by atoms with Gasteiger partial charge in [-0.2, -0.15) is 0 Å². The first-order valence-electron chi connectivity index (χ1n) is 5.32. The Labute approximate surface area is 99.5 Å². The molecule has 86 valence electrons. The molecule has 1 aromatic rings. The molecule has 1 aliphatic heterocycles. The van der Waals surface area contributed by atoms with Gasteiger partial charge in [0, 0.05) is 23.5 Å². The molecule has 3 nitrogen and oxygen atoms in total. The molecule has 4 heteroatoms. The topological polar surface area (TPSA) is 40.5 Å². The number of hydrogen-bond acceptors (Lipinski definition) is 3. The van der Waals surface area contributed by atoms with Crippen LogP contribution in [-0.4, -0.2) is 41.4 Å². The second-order valence-corrected chi connectivity index (χ2v) is 4.80. The predicted molar refractivity (Wildman–Crippen MR) is 64.8 cm³/mol. The van der Waals surface area contributed by atoms with Crippen molar-refractivity contribution in [3.05, 3.63) is 29.8 Å². The van der Waals surface area contributed by atoms with Crippen molar-refractivity contribution in [3.8, 4) is 0 Å². The third kappa shape index (κ3) is 2.39. The third-order valence-electron chi connectivity index (χ3n) is 2.79. The van der Waals surface area contributed by atoms with Crippen LogP contribution in [0, 0.1) is 0 Å². The molecule has 0 unspecified atom stereocenters. The number of aliphatic hydroxyl groups excluding tert-OH is 1. The van der Waals surface area contributed by atoms with Crippen LogP contribution in [0.3, 0.4) is 0 Å². The molecule has 0 radical (unpaired) electrons. The summed E-state index contributed by atoms with van der Waals surface area (Å²) in [7, 11) is 0. The maximum absolute atomic E-state index is 12.0. The fraction of sp³-hybridized carbons (Fsp3) is 0.417. The van der Waals surface area contributed by atoms with Gasteiger partial charge in [0.25, 0.3) is 5.91 Å². The zero-order chi connectivity index (χ0) is 11.5. The van der Waals surface area contributed by atoms with E-state index in [0.29, 0.717) is 25.1 Å². The molecular weight excluding hydrogens is 222 g/mol. The quantitative estimate of drug-likeness (QED) is 0.795. The first kappa shape index (κ1) is 11.5. The fourth-order valence-corrected chi connectivity index (χ4v) is 2.25. The van der Waals surface area contributed by atoms with E-state index in [1.165, 1.54) is 0 Å². The highest BCUT2D eigenvalue weighted by molar-refractivity contribution is 7.98. The molecule has 0 saturated carbocycles. The maximum Gasteiger partial charge on any atom is 0.253 e. The Hall–Kier alpha value is -1.00. The van der Waals surface area contributed by atoms with Gasteiger partial charge in [-0.1, -0.05) is 0 Å². The Bertz CT molecular complexity index is 377. The van der Waals surface area contributed by atoms with Gasteiger partial charge in [-0.25, -0.2) is 0 Å². The smallest absolute Gasteiger partial charge is 0.253 e. The van der Waals surface area contributed by atoms with E-state index in [2.05, 4.69) is 0 Å². The summed E-state index contributed by atoms with van der Waals surface area (Å²) in [6.45, 7) is 1.12. The van der Waals surface area contributed by atoms with Gasteiger partial charge in [-0.3, -0.25) is 4.79 Å². The first-order valence-corrected chi connectivity index (χ1v) is 6.54. The SMILES string of the molecule is CSc1ccc(C(=O)N2CC[C@@H](O)C2)cc1. The van der Waals surface area contributed by atoms with Gasteiger partial charge in [-0.15, -0.1) is 11.8 Å². The van der Waals surface area contributed by atoms with E-state index in [1.807, 2.05) is 30.5 Å².